The molecule has 1 fully saturated rings. The number of amides is 1. The molecule has 0 radical (unpaired) electrons. The first-order chi connectivity index (χ1) is 14.6. The van der Waals surface area contributed by atoms with Crippen LogP contribution in [-0.4, -0.2) is 25.5 Å². The maximum atomic E-state index is 11.8. The molecular formula is C21H23ClN6O2. The monoisotopic (exact) mass is 426 g/mol. The minimum Gasteiger partial charge on any atom is -0.382 e. The van der Waals surface area contributed by atoms with Crippen LogP contribution in [0.25, 0.3) is 5.52 Å². The first-order valence-electron chi connectivity index (χ1n) is 10.2. The fourth-order valence-corrected chi connectivity index (χ4v) is 5.11. The number of halogens is 1. The number of nitrogens with one attached hydrogen (secondary N) is 2. The van der Waals surface area contributed by atoms with E-state index in [0.717, 1.165) is 47.5 Å². The minimum absolute atomic E-state index is 0.0355. The molecule has 3 heterocycles. The number of hydrogen-bond acceptors (Lipinski definition) is 6. The number of nitrogens with zero attached hydrogens (tertiary/aromatic N) is 3. The number of hydroxylamine groups is 1. The SMILES string of the molecule is Nc1nccn2c(C3CCC(C(=O)NO)CC3)nc(C3Cc4cccc(Cl)c4N3)c12. The smallest absolute Gasteiger partial charge is 0.246 e. The van der Waals surface area contributed by atoms with Gasteiger partial charge in [-0.05, 0) is 37.3 Å². The molecule has 1 saturated carbocycles. The van der Waals surface area contributed by atoms with Gasteiger partial charge in [-0.1, -0.05) is 23.7 Å². The Labute approximate surface area is 178 Å². The molecule has 8 nitrogen and oxygen atoms in total. The van der Waals surface area contributed by atoms with Gasteiger partial charge in [-0.3, -0.25) is 14.4 Å². The van der Waals surface area contributed by atoms with Crippen LogP contribution in [0.4, 0.5) is 11.5 Å². The van der Waals surface area contributed by atoms with E-state index in [4.69, 9.17) is 27.5 Å². The summed E-state index contributed by atoms with van der Waals surface area (Å²) in [6, 6.07) is 5.87. The normalized spacial score (nSPS) is 23.2. The fourth-order valence-electron chi connectivity index (χ4n) is 4.86. The lowest BCUT2D eigenvalue weighted by atomic mass is 9.81. The van der Waals surface area contributed by atoms with Crippen LogP contribution in [0.2, 0.25) is 5.02 Å². The van der Waals surface area contributed by atoms with Gasteiger partial charge in [0.1, 0.15) is 17.2 Å². The number of nitrogens with two attached hydrogens (primary N) is 1. The molecule has 1 aliphatic heterocycles. The van der Waals surface area contributed by atoms with Crippen molar-refractivity contribution >= 4 is 34.5 Å². The van der Waals surface area contributed by atoms with Gasteiger partial charge in [0, 0.05) is 30.7 Å². The van der Waals surface area contributed by atoms with Crippen molar-refractivity contribution in [3.8, 4) is 0 Å². The molecule has 3 aromatic rings. The highest BCUT2D eigenvalue weighted by molar-refractivity contribution is 6.33. The molecule has 1 amide bonds. The third-order valence-corrected chi connectivity index (χ3v) is 6.70. The van der Waals surface area contributed by atoms with Crippen molar-refractivity contribution in [1.82, 2.24) is 19.8 Å². The van der Waals surface area contributed by atoms with E-state index in [-0.39, 0.29) is 23.8 Å². The van der Waals surface area contributed by atoms with Crippen molar-refractivity contribution in [2.45, 2.75) is 44.1 Å². The van der Waals surface area contributed by atoms with E-state index < -0.39 is 0 Å². The number of imidazole rings is 1. The average Bonchev–Trinajstić information content (AvgIpc) is 3.37. The number of nitrogen functional groups attached to an aromatic ring is 1. The molecule has 9 heteroatoms. The summed E-state index contributed by atoms with van der Waals surface area (Å²) >= 11 is 6.37. The number of rotatable bonds is 3. The lowest BCUT2D eigenvalue weighted by Gasteiger charge is -2.26. The Balaban J connectivity index is 1.50. The van der Waals surface area contributed by atoms with Crippen molar-refractivity contribution in [2.24, 2.45) is 5.92 Å². The van der Waals surface area contributed by atoms with Crippen molar-refractivity contribution < 1.29 is 10.0 Å². The van der Waals surface area contributed by atoms with Gasteiger partial charge < -0.3 is 11.1 Å². The van der Waals surface area contributed by atoms with Crippen LogP contribution in [0.15, 0.2) is 30.6 Å². The third-order valence-electron chi connectivity index (χ3n) is 6.38. The summed E-state index contributed by atoms with van der Waals surface area (Å²) in [5, 5.41) is 13.1. The molecule has 1 atom stereocenters. The highest BCUT2D eigenvalue weighted by Gasteiger charge is 2.33. The van der Waals surface area contributed by atoms with Crippen molar-refractivity contribution in [3.05, 3.63) is 52.7 Å². The van der Waals surface area contributed by atoms with Gasteiger partial charge >= 0.3 is 0 Å². The minimum atomic E-state index is -0.305. The largest absolute Gasteiger partial charge is 0.382 e. The highest BCUT2D eigenvalue weighted by Crippen LogP contribution is 2.42. The number of carbonyl (C=O) groups is 1. The Hall–Kier alpha value is -2.84. The Morgan fingerprint density at radius 2 is 2.10 bits per heavy atom. The van der Waals surface area contributed by atoms with Crippen molar-refractivity contribution in [1.29, 1.82) is 0 Å². The Bertz CT molecular complexity index is 1120. The van der Waals surface area contributed by atoms with Crippen LogP contribution in [0.5, 0.6) is 0 Å². The summed E-state index contributed by atoms with van der Waals surface area (Å²) in [4.78, 5) is 21.1. The number of anilines is 2. The molecule has 1 aliphatic carbocycles. The first kappa shape index (κ1) is 19.1. The maximum Gasteiger partial charge on any atom is 0.246 e. The van der Waals surface area contributed by atoms with Gasteiger partial charge in [-0.25, -0.2) is 15.4 Å². The maximum absolute atomic E-state index is 11.8. The van der Waals surface area contributed by atoms with Crippen LogP contribution < -0.4 is 16.5 Å². The number of benzene rings is 1. The molecule has 30 heavy (non-hydrogen) atoms. The zero-order valence-corrected chi connectivity index (χ0v) is 17.1. The second-order valence-electron chi connectivity index (χ2n) is 8.09. The van der Waals surface area contributed by atoms with E-state index in [1.807, 2.05) is 22.7 Å². The first-order valence-corrected chi connectivity index (χ1v) is 10.5. The summed E-state index contributed by atoms with van der Waals surface area (Å²) in [6.07, 6.45) is 7.44. The summed E-state index contributed by atoms with van der Waals surface area (Å²) in [7, 11) is 0. The summed E-state index contributed by atoms with van der Waals surface area (Å²) in [5.41, 5.74) is 11.9. The number of para-hydroxylation sites is 1. The molecule has 5 N–H and O–H groups in total. The van der Waals surface area contributed by atoms with E-state index in [1.165, 1.54) is 0 Å². The number of aromatic nitrogens is 3. The number of hydrogen-bond donors (Lipinski definition) is 4. The Kier molecular flexibility index (Phi) is 4.75. The average molecular weight is 427 g/mol. The molecular weight excluding hydrogens is 404 g/mol. The molecule has 1 unspecified atom stereocenters. The third kappa shape index (κ3) is 3.07. The van der Waals surface area contributed by atoms with Crippen LogP contribution in [0, 0.1) is 5.92 Å². The van der Waals surface area contributed by atoms with Crippen LogP contribution in [-0.2, 0) is 11.2 Å². The number of carbonyl (C=O) groups excluding carboxylic acids is 1. The predicted molar refractivity (Wildman–Crippen MR) is 114 cm³/mol. The van der Waals surface area contributed by atoms with Crippen molar-refractivity contribution in [3.63, 3.8) is 0 Å². The van der Waals surface area contributed by atoms with Crippen LogP contribution in [0.1, 0.15) is 54.7 Å². The van der Waals surface area contributed by atoms with Gasteiger partial charge in [0.15, 0.2) is 0 Å². The molecule has 0 spiro atoms. The standard InChI is InChI=1S/C21H23ClN6O2/c22-14-3-1-2-13-10-15(25-16(13)14)17-18-19(23)24-8-9-28(18)20(26-17)11-4-6-12(7-5-11)21(29)27-30/h1-3,8-9,11-12,15,25,30H,4-7,10H2,(H2,23,24)(H,27,29). The molecule has 156 valence electrons. The quantitative estimate of drug-likeness (QED) is 0.376. The van der Waals surface area contributed by atoms with Crippen LogP contribution >= 0.6 is 11.6 Å². The lowest BCUT2D eigenvalue weighted by Crippen LogP contribution is -2.30. The second kappa shape index (κ2) is 7.45. The molecule has 0 bridgehead atoms. The summed E-state index contributed by atoms with van der Waals surface area (Å²) in [5.74, 6) is 1.14. The molecule has 5 rings (SSSR count). The second-order valence-corrected chi connectivity index (χ2v) is 8.49. The van der Waals surface area contributed by atoms with Gasteiger partial charge in [0.25, 0.3) is 0 Å². The van der Waals surface area contributed by atoms with Crippen molar-refractivity contribution in [2.75, 3.05) is 11.1 Å². The van der Waals surface area contributed by atoms with Crippen LogP contribution in [0.3, 0.4) is 0 Å². The van der Waals surface area contributed by atoms with Gasteiger partial charge in [0.05, 0.1) is 22.4 Å². The van der Waals surface area contributed by atoms with E-state index in [1.54, 1.807) is 11.7 Å². The molecule has 0 saturated heterocycles. The highest BCUT2D eigenvalue weighted by atomic mass is 35.5. The topological polar surface area (TPSA) is 118 Å². The predicted octanol–water partition coefficient (Wildman–Crippen LogP) is 3.45. The van der Waals surface area contributed by atoms with E-state index in [0.29, 0.717) is 23.7 Å². The molecule has 1 aromatic carbocycles. The summed E-state index contributed by atoms with van der Waals surface area (Å²) < 4.78 is 2.04. The van der Waals surface area contributed by atoms with E-state index in [2.05, 4.69) is 16.4 Å². The zero-order chi connectivity index (χ0) is 20.8. The fraction of sp³-hybridized carbons (Fsp3) is 0.381. The molecule has 2 aliphatic rings. The zero-order valence-electron chi connectivity index (χ0n) is 16.3. The lowest BCUT2D eigenvalue weighted by molar-refractivity contribution is -0.134. The van der Waals surface area contributed by atoms with E-state index >= 15 is 0 Å². The van der Waals surface area contributed by atoms with Gasteiger partial charge in [-0.15, -0.1) is 0 Å². The molecule has 2 aromatic heterocycles. The number of fused-ring (bicyclic) bond motifs is 2. The van der Waals surface area contributed by atoms with Gasteiger partial charge in [-0.2, -0.15) is 0 Å². The Morgan fingerprint density at radius 3 is 2.83 bits per heavy atom. The van der Waals surface area contributed by atoms with E-state index in [9.17, 15) is 4.79 Å². The van der Waals surface area contributed by atoms with Gasteiger partial charge in [0.2, 0.25) is 5.91 Å². The summed E-state index contributed by atoms with van der Waals surface area (Å²) in [6.45, 7) is 0. The Morgan fingerprint density at radius 1 is 1.30 bits per heavy atom.